The van der Waals surface area contributed by atoms with Crippen molar-refractivity contribution in [2.24, 2.45) is 12.1 Å². The number of carbonyl (C=O) groups is 1. The SMILES string of the molecule is Cc1cc(Br)c(OCC(=O)N/N=C\c2cn(C)c3ccccc23)c(Br)c1. The van der Waals surface area contributed by atoms with Gasteiger partial charge in [-0.3, -0.25) is 4.79 Å². The van der Waals surface area contributed by atoms with Crippen LogP contribution in [0.15, 0.2) is 56.6 Å². The molecule has 0 fully saturated rings. The molecule has 0 saturated heterocycles. The predicted molar refractivity (Wildman–Crippen MR) is 111 cm³/mol. The normalized spacial score (nSPS) is 11.2. The number of nitrogens with one attached hydrogen (secondary N) is 1. The smallest absolute Gasteiger partial charge is 0.277 e. The molecule has 0 spiro atoms. The number of ether oxygens (including phenoxy) is 1. The molecule has 26 heavy (non-hydrogen) atoms. The molecule has 0 saturated carbocycles. The van der Waals surface area contributed by atoms with Crippen LogP contribution in [0, 0.1) is 6.92 Å². The Labute approximate surface area is 168 Å². The number of para-hydroxylation sites is 1. The maximum absolute atomic E-state index is 12.0. The molecule has 0 atom stereocenters. The molecule has 0 aliphatic heterocycles. The van der Waals surface area contributed by atoms with Gasteiger partial charge in [0.15, 0.2) is 6.61 Å². The van der Waals surface area contributed by atoms with Crippen LogP contribution in [-0.2, 0) is 11.8 Å². The molecule has 0 bridgehead atoms. The van der Waals surface area contributed by atoms with E-state index >= 15 is 0 Å². The predicted octanol–water partition coefficient (Wildman–Crippen LogP) is 4.54. The number of hydrogen-bond donors (Lipinski definition) is 1. The lowest BCUT2D eigenvalue weighted by atomic mass is 10.2. The zero-order valence-corrected chi connectivity index (χ0v) is 17.5. The summed E-state index contributed by atoms with van der Waals surface area (Å²) in [4.78, 5) is 12.0. The second kappa shape index (κ2) is 8.05. The zero-order valence-electron chi connectivity index (χ0n) is 14.3. The molecule has 0 radical (unpaired) electrons. The van der Waals surface area contributed by atoms with Crippen LogP contribution >= 0.6 is 31.9 Å². The topological polar surface area (TPSA) is 55.6 Å². The largest absolute Gasteiger partial charge is 0.481 e. The van der Waals surface area contributed by atoms with Crippen LogP contribution in [0.5, 0.6) is 5.75 Å². The molecule has 1 N–H and O–H groups in total. The van der Waals surface area contributed by atoms with Crippen LogP contribution in [0.25, 0.3) is 10.9 Å². The molecular weight excluding hydrogens is 462 g/mol. The summed E-state index contributed by atoms with van der Waals surface area (Å²) >= 11 is 6.88. The number of aryl methyl sites for hydroxylation is 2. The summed E-state index contributed by atoms with van der Waals surface area (Å²) in [6, 6.07) is 11.9. The monoisotopic (exact) mass is 477 g/mol. The Morgan fingerprint density at radius 2 is 1.96 bits per heavy atom. The van der Waals surface area contributed by atoms with E-state index in [0.717, 1.165) is 31.0 Å². The summed E-state index contributed by atoms with van der Waals surface area (Å²) in [5.74, 6) is 0.254. The zero-order chi connectivity index (χ0) is 18.7. The lowest BCUT2D eigenvalue weighted by Crippen LogP contribution is -2.24. The minimum absolute atomic E-state index is 0.132. The molecule has 2 aromatic carbocycles. The number of carbonyl (C=O) groups excluding carboxylic acids is 1. The summed E-state index contributed by atoms with van der Waals surface area (Å²) in [6.07, 6.45) is 3.61. The van der Waals surface area contributed by atoms with Gasteiger partial charge in [0, 0.05) is 29.7 Å². The number of aromatic nitrogens is 1. The van der Waals surface area contributed by atoms with Crippen LogP contribution in [-0.4, -0.2) is 23.3 Å². The fourth-order valence-electron chi connectivity index (χ4n) is 2.64. The maximum atomic E-state index is 12.0. The third kappa shape index (κ3) is 4.16. The second-order valence-corrected chi connectivity index (χ2v) is 7.56. The fourth-order valence-corrected chi connectivity index (χ4v) is 4.29. The Morgan fingerprint density at radius 1 is 1.27 bits per heavy atom. The number of hydrogen-bond acceptors (Lipinski definition) is 3. The van der Waals surface area contributed by atoms with E-state index in [4.69, 9.17) is 4.74 Å². The van der Waals surface area contributed by atoms with Crippen LogP contribution in [0.3, 0.4) is 0 Å². The summed E-state index contributed by atoms with van der Waals surface area (Å²) < 4.78 is 9.18. The van der Waals surface area contributed by atoms with Gasteiger partial charge in [-0.1, -0.05) is 18.2 Å². The molecule has 1 amide bonds. The standard InChI is InChI=1S/C19H17Br2N3O2/c1-12-7-15(20)19(16(21)8-12)26-11-18(25)23-22-9-13-10-24(2)17-6-4-3-5-14(13)17/h3-10H,11H2,1-2H3,(H,23,25)/b22-9-. The van der Waals surface area contributed by atoms with Gasteiger partial charge in [0.2, 0.25) is 0 Å². The quantitative estimate of drug-likeness (QED) is 0.432. The van der Waals surface area contributed by atoms with Crippen molar-refractivity contribution in [1.82, 2.24) is 9.99 Å². The summed E-state index contributed by atoms with van der Waals surface area (Å²) in [7, 11) is 1.98. The molecule has 3 rings (SSSR count). The lowest BCUT2D eigenvalue weighted by molar-refractivity contribution is -0.123. The molecule has 0 aliphatic carbocycles. The van der Waals surface area contributed by atoms with Crippen molar-refractivity contribution in [3.8, 4) is 5.75 Å². The highest BCUT2D eigenvalue weighted by Crippen LogP contribution is 2.34. The Morgan fingerprint density at radius 3 is 2.69 bits per heavy atom. The van der Waals surface area contributed by atoms with Gasteiger partial charge in [-0.15, -0.1) is 0 Å². The third-order valence-corrected chi connectivity index (χ3v) is 4.99. The van der Waals surface area contributed by atoms with Gasteiger partial charge in [0.05, 0.1) is 15.2 Å². The van der Waals surface area contributed by atoms with Crippen molar-refractivity contribution in [3.63, 3.8) is 0 Å². The van der Waals surface area contributed by atoms with E-state index in [1.807, 2.05) is 61.1 Å². The van der Waals surface area contributed by atoms with Gasteiger partial charge in [0.25, 0.3) is 5.91 Å². The van der Waals surface area contributed by atoms with E-state index in [-0.39, 0.29) is 12.5 Å². The first kappa shape index (κ1) is 18.7. The number of halogens is 2. The average Bonchev–Trinajstić information content (AvgIpc) is 2.90. The summed E-state index contributed by atoms with van der Waals surface area (Å²) in [5, 5.41) is 5.12. The minimum Gasteiger partial charge on any atom is -0.481 e. The first-order valence-corrected chi connectivity index (χ1v) is 9.48. The Hall–Kier alpha value is -2.12. The van der Waals surface area contributed by atoms with Gasteiger partial charge in [-0.05, 0) is 62.5 Å². The molecule has 134 valence electrons. The van der Waals surface area contributed by atoms with E-state index in [0.29, 0.717) is 5.75 Å². The van der Waals surface area contributed by atoms with Gasteiger partial charge in [-0.25, -0.2) is 5.43 Å². The molecule has 1 heterocycles. The number of amides is 1. The lowest BCUT2D eigenvalue weighted by Gasteiger charge is -2.10. The Kier molecular flexibility index (Phi) is 5.78. The van der Waals surface area contributed by atoms with E-state index < -0.39 is 0 Å². The van der Waals surface area contributed by atoms with Crippen molar-refractivity contribution in [2.75, 3.05) is 6.61 Å². The average molecular weight is 479 g/mol. The number of benzene rings is 2. The first-order chi connectivity index (χ1) is 12.5. The van der Waals surface area contributed by atoms with Gasteiger partial charge in [-0.2, -0.15) is 5.10 Å². The molecule has 5 nitrogen and oxygen atoms in total. The van der Waals surface area contributed by atoms with Crippen LogP contribution in [0.1, 0.15) is 11.1 Å². The molecule has 3 aromatic rings. The maximum Gasteiger partial charge on any atom is 0.277 e. The molecule has 7 heteroatoms. The molecule has 0 unspecified atom stereocenters. The van der Waals surface area contributed by atoms with E-state index in [1.165, 1.54) is 0 Å². The highest BCUT2D eigenvalue weighted by molar-refractivity contribution is 9.11. The van der Waals surface area contributed by atoms with Gasteiger partial charge in [0.1, 0.15) is 5.75 Å². The van der Waals surface area contributed by atoms with Crippen molar-refractivity contribution in [2.45, 2.75) is 6.92 Å². The third-order valence-electron chi connectivity index (χ3n) is 3.81. The molecular formula is C19H17Br2N3O2. The highest BCUT2D eigenvalue weighted by atomic mass is 79.9. The molecule has 1 aromatic heterocycles. The van der Waals surface area contributed by atoms with Crippen molar-refractivity contribution < 1.29 is 9.53 Å². The van der Waals surface area contributed by atoms with E-state index in [1.54, 1.807) is 6.21 Å². The Balaban J connectivity index is 1.61. The van der Waals surface area contributed by atoms with Crippen LogP contribution in [0.2, 0.25) is 0 Å². The number of rotatable bonds is 5. The number of hydrazone groups is 1. The van der Waals surface area contributed by atoms with E-state index in [9.17, 15) is 4.79 Å². The minimum atomic E-state index is -0.333. The van der Waals surface area contributed by atoms with Gasteiger partial charge < -0.3 is 9.30 Å². The Bertz CT molecular complexity index is 973. The second-order valence-electron chi connectivity index (χ2n) is 5.85. The van der Waals surface area contributed by atoms with E-state index in [2.05, 4.69) is 42.4 Å². The number of fused-ring (bicyclic) bond motifs is 1. The van der Waals surface area contributed by atoms with Crippen LogP contribution < -0.4 is 10.2 Å². The first-order valence-electron chi connectivity index (χ1n) is 7.90. The number of nitrogens with zero attached hydrogens (tertiary/aromatic N) is 2. The summed E-state index contributed by atoms with van der Waals surface area (Å²) in [5.41, 5.74) is 5.62. The van der Waals surface area contributed by atoms with Crippen molar-refractivity contribution in [3.05, 3.63) is 62.7 Å². The van der Waals surface area contributed by atoms with Crippen molar-refractivity contribution in [1.29, 1.82) is 0 Å². The van der Waals surface area contributed by atoms with Gasteiger partial charge >= 0.3 is 0 Å². The summed E-state index contributed by atoms with van der Waals surface area (Å²) in [6.45, 7) is 1.85. The highest BCUT2D eigenvalue weighted by Gasteiger charge is 2.10. The fraction of sp³-hybridized carbons (Fsp3) is 0.158. The molecule has 0 aliphatic rings. The van der Waals surface area contributed by atoms with Crippen LogP contribution in [0.4, 0.5) is 0 Å². The van der Waals surface area contributed by atoms with Crippen molar-refractivity contribution >= 4 is 54.9 Å².